The Morgan fingerprint density at radius 2 is 2.16 bits per heavy atom. The van der Waals surface area contributed by atoms with Crippen molar-refractivity contribution in [2.75, 3.05) is 6.61 Å². The maximum absolute atomic E-state index is 11.6. The SMILES string of the molecule is CCCCOC(=O)/C(C#N)=C\c1ccc(Cl)c(Cl)c1. The number of hydrogen-bond acceptors (Lipinski definition) is 3. The van der Waals surface area contributed by atoms with Crippen molar-refractivity contribution in [1.29, 1.82) is 5.26 Å². The normalized spacial score (nSPS) is 10.9. The van der Waals surface area contributed by atoms with E-state index in [0.29, 0.717) is 22.2 Å². The molecule has 5 heteroatoms. The Labute approximate surface area is 122 Å². The van der Waals surface area contributed by atoms with E-state index < -0.39 is 5.97 Å². The lowest BCUT2D eigenvalue weighted by Gasteiger charge is -2.03. The first-order valence-electron chi connectivity index (χ1n) is 5.82. The highest BCUT2D eigenvalue weighted by Gasteiger charge is 2.10. The van der Waals surface area contributed by atoms with Crippen molar-refractivity contribution in [3.8, 4) is 6.07 Å². The Hall–Kier alpha value is -1.50. The molecule has 0 unspecified atom stereocenters. The summed E-state index contributed by atoms with van der Waals surface area (Å²) in [6, 6.07) is 6.68. The number of nitrogens with zero attached hydrogens (tertiary/aromatic N) is 1. The maximum Gasteiger partial charge on any atom is 0.348 e. The van der Waals surface area contributed by atoms with Gasteiger partial charge in [-0.1, -0.05) is 42.6 Å². The molecule has 100 valence electrons. The average molecular weight is 298 g/mol. The van der Waals surface area contributed by atoms with Crippen LogP contribution in [0.25, 0.3) is 6.08 Å². The summed E-state index contributed by atoms with van der Waals surface area (Å²) in [5, 5.41) is 9.75. The van der Waals surface area contributed by atoms with E-state index in [4.69, 9.17) is 33.2 Å². The van der Waals surface area contributed by atoms with Crippen LogP contribution in [-0.4, -0.2) is 12.6 Å². The molecular weight excluding hydrogens is 285 g/mol. The molecule has 1 rings (SSSR count). The Kier molecular flexibility index (Phi) is 6.41. The molecule has 0 aliphatic carbocycles. The number of carbonyl (C=O) groups excluding carboxylic acids is 1. The molecule has 0 heterocycles. The van der Waals surface area contributed by atoms with Gasteiger partial charge >= 0.3 is 5.97 Å². The van der Waals surface area contributed by atoms with Crippen LogP contribution < -0.4 is 0 Å². The molecule has 1 aromatic rings. The molecule has 0 aromatic heterocycles. The first-order valence-corrected chi connectivity index (χ1v) is 6.58. The Balaban J connectivity index is 2.84. The maximum atomic E-state index is 11.6. The molecule has 1 aromatic carbocycles. The molecule has 0 N–H and O–H groups in total. The minimum atomic E-state index is -0.623. The van der Waals surface area contributed by atoms with E-state index in [-0.39, 0.29) is 5.57 Å². The molecule has 19 heavy (non-hydrogen) atoms. The van der Waals surface area contributed by atoms with Crippen LogP contribution in [0.2, 0.25) is 10.0 Å². The van der Waals surface area contributed by atoms with Crippen LogP contribution in [0.15, 0.2) is 23.8 Å². The molecule has 0 amide bonds. The van der Waals surface area contributed by atoms with Crippen molar-refractivity contribution in [2.24, 2.45) is 0 Å². The second-order valence-corrected chi connectivity index (χ2v) is 4.65. The van der Waals surface area contributed by atoms with Crippen molar-refractivity contribution < 1.29 is 9.53 Å². The van der Waals surface area contributed by atoms with Gasteiger partial charge < -0.3 is 4.74 Å². The third-order valence-corrected chi connectivity index (χ3v) is 3.07. The third kappa shape index (κ3) is 4.94. The van der Waals surface area contributed by atoms with Crippen LogP contribution in [0.1, 0.15) is 25.3 Å². The van der Waals surface area contributed by atoms with Crippen LogP contribution in [-0.2, 0) is 9.53 Å². The van der Waals surface area contributed by atoms with Gasteiger partial charge in [-0.05, 0) is 30.2 Å². The largest absolute Gasteiger partial charge is 0.462 e. The van der Waals surface area contributed by atoms with E-state index in [9.17, 15) is 4.79 Å². The summed E-state index contributed by atoms with van der Waals surface area (Å²) in [5.74, 6) is -0.623. The predicted molar refractivity (Wildman–Crippen MR) is 75.9 cm³/mol. The summed E-state index contributed by atoms with van der Waals surface area (Å²) in [4.78, 5) is 11.6. The van der Waals surface area contributed by atoms with Crippen LogP contribution in [0.3, 0.4) is 0 Å². The summed E-state index contributed by atoms with van der Waals surface area (Å²) in [6.45, 7) is 2.31. The number of benzene rings is 1. The van der Waals surface area contributed by atoms with Gasteiger partial charge in [0.15, 0.2) is 0 Å². The quantitative estimate of drug-likeness (QED) is 0.353. The van der Waals surface area contributed by atoms with Gasteiger partial charge in [0, 0.05) is 0 Å². The molecule has 3 nitrogen and oxygen atoms in total. The molecule has 0 aliphatic rings. The molecule has 0 spiro atoms. The number of halogens is 2. The number of rotatable bonds is 5. The fraction of sp³-hybridized carbons (Fsp3) is 0.286. The molecular formula is C14H13Cl2NO2. The number of nitriles is 1. The van der Waals surface area contributed by atoms with E-state index >= 15 is 0 Å². The van der Waals surface area contributed by atoms with E-state index in [2.05, 4.69) is 0 Å². The minimum Gasteiger partial charge on any atom is -0.462 e. The van der Waals surface area contributed by atoms with Gasteiger partial charge in [-0.3, -0.25) is 0 Å². The second-order valence-electron chi connectivity index (χ2n) is 3.83. The molecule has 0 radical (unpaired) electrons. The van der Waals surface area contributed by atoms with Crippen LogP contribution in [0.4, 0.5) is 0 Å². The Bertz CT molecular complexity index is 533. The number of ether oxygens (including phenoxy) is 1. The summed E-state index contributed by atoms with van der Waals surface area (Å²) in [7, 11) is 0. The van der Waals surface area contributed by atoms with Crippen LogP contribution in [0.5, 0.6) is 0 Å². The highest BCUT2D eigenvalue weighted by atomic mass is 35.5. The third-order valence-electron chi connectivity index (χ3n) is 2.33. The summed E-state index contributed by atoms with van der Waals surface area (Å²) in [6.07, 6.45) is 3.12. The van der Waals surface area contributed by atoms with E-state index in [0.717, 1.165) is 12.8 Å². The van der Waals surface area contributed by atoms with Gasteiger partial charge in [0.05, 0.1) is 16.7 Å². The fourth-order valence-electron chi connectivity index (χ4n) is 1.29. The Morgan fingerprint density at radius 3 is 2.74 bits per heavy atom. The number of hydrogen-bond donors (Lipinski definition) is 0. The monoisotopic (exact) mass is 297 g/mol. The highest BCUT2D eigenvalue weighted by Crippen LogP contribution is 2.23. The topological polar surface area (TPSA) is 50.1 Å². The zero-order valence-electron chi connectivity index (χ0n) is 10.5. The zero-order valence-corrected chi connectivity index (χ0v) is 12.0. The first-order chi connectivity index (χ1) is 9.08. The zero-order chi connectivity index (χ0) is 14.3. The van der Waals surface area contributed by atoms with Gasteiger partial charge in [0.25, 0.3) is 0 Å². The van der Waals surface area contributed by atoms with Gasteiger partial charge in [-0.25, -0.2) is 4.79 Å². The average Bonchev–Trinajstić information content (AvgIpc) is 2.40. The lowest BCUT2D eigenvalue weighted by Crippen LogP contribution is -2.07. The number of carbonyl (C=O) groups is 1. The summed E-state index contributed by atoms with van der Waals surface area (Å²) >= 11 is 11.7. The minimum absolute atomic E-state index is 0.0607. The number of unbranched alkanes of at least 4 members (excludes halogenated alkanes) is 1. The molecule has 0 fully saturated rings. The smallest absolute Gasteiger partial charge is 0.348 e. The first kappa shape index (κ1) is 15.6. The standard InChI is InChI=1S/C14H13Cl2NO2/c1-2-3-6-19-14(18)11(9-17)7-10-4-5-12(15)13(16)8-10/h4-5,7-8H,2-3,6H2,1H3/b11-7-. The van der Waals surface area contributed by atoms with Crippen LogP contribution >= 0.6 is 23.2 Å². The fourth-order valence-corrected chi connectivity index (χ4v) is 1.60. The molecule has 0 saturated carbocycles. The lowest BCUT2D eigenvalue weighted by atomic mass is 10.1. The molecule has 0 bridgehead atoms. The summed E-state index contributed by atoms with van der Waals surface area (Å²) in [5.41, 5.74) is 0.563. The number of esters is 1. The van der Waals surface area contributed by atoms with Crippen molar-refractivity contribution in [3.63, 3.8) is 0 Å². The van der Waals surface area contributed by atoms with E-state index in [1.54, 1.807) is 18.2 Å². The second kappa shape index (κ2) is 7.83. The predicted octanol–water partition coefficient (Wildman–Crippen LogP) is 4.24. The van der Waals surface area contributed by atoms with Crippen molar-refractivity contribution in [2.45, 2.75) is 19.8 Å². The van der Waals surface area contributed by atoms with Crippen LogP contribution in [0, 0.1) is 11.3 Å². The van der Waals surface area contributed by atoms with E-state index in [1.165, 1.54) is 6.08 Å². The van der Waals surface area contributed by atoms with Crippen molar-refractivity contribution >= 4 is 35.2 Å². The highest BCUT2D eigenvalue weighted by molar-refractivity contribution is 6.42. The van der Waals surface area contributed by atoms with E-state index in [1.807, 2.05) is 13.0 Å². The molecule has 0 saturated heterocycles. The molecule has 0 atom stereocenters. The van der Waals surface area contributed by atoms with Crippen molar-refractivity contribution in [3.05, 3.63) is 39.4 Å². The van der Waals surface area contributed by atoms with Gasteiger partial charge in [-0.2, -0.15) is 5.26 Å². The molecule has 0 aliphatic heterocycles. The lowest BCUT2D eigenvalue weighted by molar-refractivity contribution is -0.138. The van der Waals surface area contributed by atoms with Gasteiger partial charge in [0.1, 0.15) is 11.6 Å². The summed E-state index contributed by atoms with van der Waals surface area (Å²) < 4.78 is 4.97. The van der Waals surface area contributed by atoms with Gasteiger partial charge in [-0.15, -0.1) is 0 Å². The Morgan fingerprint density at radius 1 is 1.42 bits per heavy atom. The van der Waals surface area contributed by atoms with Gasteiger partial charge in [0.2, 0.25) is 0 Å². The van der Waals surface area contributed by atoms with Crippen molar-refractivity contribution in [1.82, 2.24) is 0 Å².